The average Bonchev–Trinajstić information content (AvgIpc) is 2.79. The second-order valence-electron chi connectivity index (χ2n) is 6.43. The number of hydrogen-bond acceptors (Lipinski definition) is 6. The van der Waals surface area contributed by atoms with Gasteiger partial charge in [-0.25, -0.2) is 12.7 Å². The van der Waals surface area contributed by atoms with E-state index in [0.717, 1.165) is 5.56 Å². The Morgan fingerprint density at radius 1 is 1.06 bits per heavy atom. The van der Waals surface area contributed by atoms with Crippen LogP contribution in [0.4, 0.5) is 5.69 Å². The maximum Gasteiger partial charge on any atom is 0.270 e. The van der Waals surface area contributed by atoms with Gasteiger partial charge in [-0.05, 0) is 41.5 Å². The second-order valence-corrected chi connectivity index (χ2v) is 8.21. The van der Waals surface area contributed by atoms with Crippen LogP contribution in [0, 0.1) is 5.21 Å². The van der Waals surface area contributed by atoms with Crippen molar-refractivity contribution in [3.8, 4) is 5.75 Å². The maximum atomic E-state index is 13.3. The molecule has 0 saturated heterocycles. The third-order valence-electron chi connectivity index (χ3n) is 4.44. The number of ether oxygens (including phenoxy) is 1. The summed E-state index contributed by atoms with van der Waals surface area (Å²) in [5.74, 6) is -0.287. The number of benzene rings is 2. The number of methoxy groups -OCH3 is 1. The van der Waals surface area contributed by atoms with Gasteiger partial charge in [-0.15, -0.1) is 0 Å². The van der Waals surface area contributed by atoms with Gasteiger partial charge in [0.1, 0.15) is 5.75 Å². The third kappa shape index (κ3) is 4.90. The Balaban J connectivity index is 2.07. The molecule has 1 amide bonds. The van der Waals surface area contributed by atoms with E-state index in [9.17, 15) is 18.4 Å². The standard InChI is InChI=1S/C22H21N3O5S/c1-30-19-8-10-20(11-9-19)31(28,29)25(22(26)16-23)21-5-3-2-4-18(21)7-6-17-12-14-24(27)15-13-17/h2-15H,16,23H2,1H3. The van der Waals surface area contributed by atoms with E-state index in [2.05, 4.69) is 0 Å². The highest BCUT2D eigenvalue weighted by Gasteiger charge is 2.31. The first-order valence-corrected chi connectivity index (χ1v) is 10.7. The molecule has 0 saturated carbocycles. The first-order valence-electron chi connectivity index (χ1n) is 9.25. The lowest BCUT2D eigenvalue weighted by Crippen LogP contribution is -2.41. The molecule has 2 N–H and O–H groups in total. The van der Waals surface area contributed by atoms with E-state index in [1.807, 2.05) is 0 Å². The van der Waals surface area contributed by atoms with Crippen LogP contribution < -0.4 is 19.5 Å². The average molecular weight is 439 g/mol. The van der Waals surface area contributed by atoms with Crippen molar-refractivity contribution in [2.45, 2.75) is 4.90 Å². The maximum absolute atomic E-state index is 13.3. The lowest BCUT2D eigenvalue weighted by molar-refractivity contribution is -0.605. The normalized spacial score (nSPS) is 11.4. The minimum atomic E-state index is -4.23. The van der Waals surface area contributed by atoms with Crippen molar-refractivity contribution in [3.63, 3.8) is 0 Å². The largest absolute Gasteiger partial charge is 0.619 e. The van der Waals surface area contributed by atoms with Crippen molar-refractivity contribution in [1.29, 1.82) is 0 Å². The van der Waals surface area contributed by atoms with Gasteiger partial charge in [0.15, 0.2) is 12.4 Å². The predicted octanol–water partition coefficient (Wildman–Crippen LogP) is 2.18. The van der Waals surface area contributed by atoms with Gasteiger partial charge in [-0.3, -0.25) is 4.79 Å². The molecule has 0 bridgehead atoms. The summed E-state index contributed by atoms with van der Waals surface area (Å²) in [5, 5.41) is 11.2. The Kier molecular flexibility index (Phi) is 6.68. The van der Waals surface area contributed by atoms with Gasteiger partial charge in [0, 0.05) is 12.1 Å². The Morgan fingerprint density at radius 2 is 1.71 bits per heavy atom. The van der Waals surface area contributed by atoms with E-state index < -0.39 is 22.5 Å². The van der Waals surface area contributed by atoms with Crippen molar-refractivity contribution in [2.24, 2.45) is 5.73 Å². The van der Waals surface area contributed by atoms with E-state index in [0.29, 0.717) is 20.3 Å². The van der Waals surface area contributed by atoms with Crippen LogP contribution in [-0.2, 0) is 14.8 Å². The summed E-state index contributed by atoms with van der Waals surface area (Å²) < 4.78 is 33.1. The number of anilines is 1. The number of aromatic nitrogens is 1. The quantitative estimate of drug-likeness (QED) is 0.445. The van der Waals surface area contributed by atoms with Crippen molar-refractivity contribution >= 4 is 33.8 Å². The molecule has 0 aliphatic rings. The Bertz CT molecular complexity index is 1190. The van der Waals surface area contributed by atoms with Crippen molar-refractivity contribution in [1.82, 2.24) is 0 Å². The molecule has 2 aromatic carbocycles. The van der Waals surface area contributed by atoms with Crippen LogP contribution in [0.2, 0.25) is 0 Å². The fourth-order valence-corrected chi connectivity index (χ4v) is 4.33. The van der Waals surface area contributed by atoms with Crippen LogP contribution in [0.3, 0.4) is 0 Å². The zero-order chi connectivity index (χ0) is 22.4. The van der Waals surface area contributed by atoms with Crippen LogP contribution in [0.5, 0.6) is 5.75 Å². The van der Waals surface area contributed by atoms with E-state index in [-0.39, 0.29) is 10.6 Å². The molecule has 3 aromatic rings. The fourth-order valence-electron chi connectivity index (χ4n) is 2.87. The Morgan fingerprint density at radius 3 is 2.32 bits per heavy atom. The van der Waals surface area contributed by atoms with Crippen LogP contribution in [-0.4, -0.2) is 28.0 Å². The highest BCUT2D eigenvalue weighted by molar-refractivity contribution is 7.93. The minimum absolute atomic E-state index is 0.0723. The molecule has 1 heterocycles. The molecule has 9 heteroatoms. The van der Waals surface area contributed by atoms with Gasteiger partial charge in [0.25, 0.3) is 15.9 Å². The molecule has 0 radical (unpaired) electrons. The Labute approximate surface area is 180 Å². The highest BCUT2D eigenvalue weighted by Crippen LogP contribution is 2.29. The van der Waals surface area contributed by atoms with E-state index in [1.165, 1.54) is 49.8 Å². The molecule has 0 spiro atoms. The summed E-state index contributed by atoms with van der Waals surface area (Å²) in [6, 6.07) is 15.5. The molecule has 3 rings (SSSR count). The smallest absolute Gasteiger partial charge is 0.270 e. The topological polar surface area (TPSA) is 117 Å². The molecule has 8 nitrogen and oxygen atoms in total. The predicted molar refractivity (Wildman–Crippen MR) is 117 cm³/mol. The van der Waals surface area contributed by atoms with Crippen LogP contribution in [0.25, 0.3) is 12.2 Å². The van der Waals surface area contributed by atoms with Crippen LogP contribution >= 0.6 is 0 Å². The summed E-state index contributed by atoms with van der Waals surface area (Å²) in [5.41, 5.74) is 6.92. The summed E-state index contributed by atoms with van der Waals surface area (Å²) >= 11 is 0. The SMILES string of the molecule is COc1ccc(S(=O)(=O)N(C(=O)CN)c2ccccc2C=Cc2cc[n+]([O-])cc2)cc1. The zero-order valence-electron chi connectivity index (χ0n) is 16.7. The van der Waals surface area contributed by atoms with Gasteiger partial charge in [-0.2, -0.15) is 4.73 Å². The summed E-state index contributed by atoms with van der Waals surface area (Å²) in [6.45, 7) is -0.490. The number of carbonyl (C=O) groups excluding carboxylic acids is 1. The number of nitrogens with two attached hydrogens (primary N) is 1. The van der Waals surface area contributed by atoms with Crippen LogP contribution in [0.1, 0.15) is 11.1 Å². The number of amides is 1. The van der Waals surface area contributed by atoms with Gasteiger partial charge in [0.2, 0.25) is 0 Å². The molecular formula is C22H21N3O5S. The molecule has 1 aromatic heterocycles. The molecule has 0 atom stereocenters. The summed E-state index contributed by atoms with van der Waals surface area (Å²) in [7, 11) is -2.76. The number of sulfonamides is 1. The lowest BCUT2D eigenvalue weighted by Gasteiger charge is -2.24. The van der Waals surface area contributed by atoms with Gasteiger partial charge in [0.05, 0.1) is 24.2 Å². The van der Waals surface area contributed by atoms with Crippen LogP contribution in [0.15, 0.2) is 78.0 Å². The number of rotatable bonds is 7. The monoisotopic (exact) mass is 439 g/mol. The van der Waals surface area contributed by atoms with Gasteiger partial charge in [-0.1, -0.05) is 30.4 Å². The first kappa shape index (κ1) is 22.0. The second kappa shape index (κ2) is 9.41. The molecule has 0 aliphatic carbocycles. The molecule has 0 fully saturated rings. The number of hydrogen-bond donors (Lipinski definition) is 1. The third-order valence-corrected chi connectivity index (χ3v) is 6.19. The van der Waals surface area contributed by atoms with Crippen molar-refractivity contribution in [3.05, 3.63) is 89.4 Å². The number of carbonyl (C=O) groups is 1. The summed E-state index contributed by atoms with van der Waals surface area (Å²) in [6.07, 6.45) is 6.08. The summed E-state index contributed by atoms with van der Waals surface area (Å²) in [4.78, 5) is 12.6. The van der Waals surface area contributed by atoms with Crippen molar-refractivity contribution in [2.75, 3.05) is 18.0 Å². The molecule has 160 valence electrons. The van der Waals surface area contributed by atoms with Gasteiger partial charge >= 0.3 is 0 Å². The van der Waals surface area contributed by atoms with E-state index in [1.54, 1.807) is 42.5 Å². The fraction of sp³-hybridized carbons (Fsp3) is 0.0909. The Hall–Kier alpha value is -3.69. The van der Waals surface area contributed by atoms with Gasteiger partial charge < -0.3 is 15.7 Å². The van der Waals surface area contributed by atoms with Crippen molar-refractivity contribution < 1.29 is 22.7 Å². The molecular weight excluding hydrogens is 418 g/mol. The zero-order valence-corrected chi connectivity index (χ0v) is 17.5. The van der Waals surface area contributed by atoms with E-state index in [4.69, 9.17) is 10.5 Å². The number of nitrogens with zero attached hydrogens (tertiary/aromatic N) is 2. The molecule has 31 heavy (non-hydrogen) atoms. The highest BCUT2D eigenvalue weighted by atomic mass is 32.2. The number of pyridine rings is 1. The lowest BCUT2D eigenvalue weighted by atomic mass is 10.1. The molecule has 0 aliphatic heterocycles. The first-order chi connectivity index (χ1) is 14.9. The van der Waals surface area contributed by atoms with E-state index >= 15 is 0 Å². The molecule has 0 unspecified atom stereocenters. The number of para-hydroxylation sites is 1. The minimum Gasteiger partial charge on any atom is -0.619 e.